The number of carbonyl (C=O) groups is 1. The molecule has 0 saturated heterocycles. The zero-order valence-corrected chi connectivity index (χ0v) is 13.6. The predicted octanol–water partition coefficient (Wildman–Crippen LogP) is 1.83. The molecule has 122 valence electrons. The normalized spacial score (nSPS) is 12.5. The van der Waals surface area contributed by atoms with Crippen LogP contribution in [0.2, 0.25) is 0 Å². The van der Waals surface area contributed by atoms with Crippen molar-refractivity contribution in [1.82, 2.24) is 5.32 Å². The summed E-state index contributed by atoms with van der Waals surface area (Å²) in [6.07, 6.45) is 0. The van der Waals surface area contributed by atoms with Crippen molar-refractivity contribution >= 4 is 15.9 Å². The summed E-state index contributed by atoms with van der Waals surface area (Å²) in [7, 11) is -2.65. The maximum absolute atomic E-state index is 12.3. The van der Waals surface area contributed by atoms with E-state index in [0.29, 0.717) is 0 Å². The molecular formula is C16H18N2O4S. The van der Waals surface area contributed by atoms with Crippen LogP contribution in [0.1, 0.15) is 28.9 Å². The van der Waals surface area contributed by atoms with Crippen molar-refractivity contribution in [3.8, 4) is 5.75 Å². The van der Waals surface area contributed by atoms with E-state index in [4.69, 9.17) is 9.88 Å². The number of methoxy groups -OCH3 is 1. The van der Waals surface area contributed by atoms with Crippen LogP contribution in [0.15, 0.2) is 53.4 Å². The van der Waals surface area contributed by atoms with Gasteiger partial charge in [0.15, 0.2) is 0 Å². The number of primary sulfonamides is 1. The van der Waals surface area contributed by atoms with E-state index >= 15 is 0 Å². The second-order valence-corrected chi connectivity index (χ2v) is 6.55. The van der Waals surface area contributed by atoms with Gasteiger partial charge in [-0.1, -0.05) is 30.3 Å². The van der Waals surface area contributed by atoms with E-state index in [-0.39, 0.29) is 22.3 Å². The topological polar surface area (TPSA) is 98.5 Å². The molecular weight excluding hydrogens is 316 g/mol. The smallest absolute Gasteiger partial charge is 0.251 e. The number of rotatable bonds is 5. The summed E-state index contributed by atoms with van der Waals surface area (Å²) >= 11 is 0. The van der Waals surface area contributed by atoms with Gasteiger partial charge in [-0.05, 0) is 30.7 Å². The Hall–Kier alpha value is -2.38. The second-order valence-electron chi connectivity index (χ2n) is 5.02. The largest absolute Gasteiger partial charge is 0.495 e. The SMILES string of the molecule is COc1ccc(C(=O)NC(C)c2ccccc2)cc1S(N)(=O)=O. The Labute approximate surface area is 135 Å². The third-order valence-corrected chi connectivity index (χ3v) is 4.31. The minimum absolute atomic E-state index is 0.0974. The summed E-state index contributed by atoms with van der Waals surface area (Å²) < 4.78 is 28.2. The lowest BCUT2D eigenvalue weighted by atomic mass is 10.1. The molecule has 3 N–H and O–H groups in total. The van der Waals surface area contributed by atoms with Gasteiger partial charge >= 0.3 is 0 Å². The van der Waals surface area contributed by atoms with Gasteiger partial charge in [-0.25, -0.2) is 13.6 Å². The molecule has 23 heavy (non-hydrogen) atoms. The van der Waals surface area contributed by atoms with Gasteiger partial charge in [0, 0.05) is 5.56 Å². The molecule has 1 atom stereocenters. The fourth-order valence-corrected chi connectivity index (χ4v) is 2.87. The van der Waals surface area contributed by atoms with Gasteiger partial charge in [0.25, 0.3) is 5.91 Å². The monoisotopic (exact) mass is 334 g/mol. The van der Waals surface area contributed by atoms with E-state index in [9.17, 15) is 13.2 Å². The number of amides is 1. The molecule has 0 fully saturated rings. The molecule has 7 heteroatoms. The number of sulfonamides is 1. The van der Waals surface area contributed by atoms with Gasteiger partial charge in [-0.15, -0.1) is 0 Å². The van der Waals surface area contributed by atoms with Crippen LogP contribution < -0.4 is 15.2 Å². The summed E-state index contributed by atoms with van der Waals surface area (Å²) in [5.41, 5.74) is 1.14. The number of ether oxygens (including phenoxy) is 1. The molecule has 0 bridgehead atoms. The molecule has 0 radical (unpaired) electrons. The minimum atomic E-state index is -3.99. The maximum atomic E-state index is 12.3. The standard InChI is InChI=1S/C16H18N2O4S/c1-11(12-6-4-3-5-7-12)18-16(19)13-8-9-14(22-2)15(10-13)23(17,20)21/h3-11H,1-2H3,(H,18,19)(H2,17,20,21). The molecule has 0 aliphatic heterocycles. The molecule has 0 spiro atoms. The first kappa shape index (κ1) is 17.0. The van der Waals surface area contributed by atoms with E-state index in [1.807, 2.05) is 37.3 Å². The van der Waals surface area contributed by atoms with Gasteiger partial charge in [0.05, 0.1) is 13.2 Å². The van der Waals surface area contributed by atoms with E-state index in [2.05, 4.69) is 5.32 Å². The number of nitrogens with two attached hydrogens (primary N) is 1. The molecule has 2 aromatic rings. The van der Waals surface area contributed by atoms with Crippen molar-refractivity contribution in [3.05, 3.63) is 59.7 Å². The molecule has 2 aromatic carbocycles. The lowest BCUT2D eigenvalue weighted by molar-refractivity contribution is 0.0939. The van der Waals surface area contributed by atoms with E-state index < -0.39 is 15.9 Å². The van der Waals surface area contributed by atoms with Crippen LogP contribution in [-0.2, 0) is 10.0 Å². The van der Waals surface area contributed by atoms with Crippen LogP contribution in [0.25, 0.3) is 0 Å². The third-order valence-electron chi connectivity index (χ3n) is 3.38. The molecule has 0 aliphatic carbocycles. The summed E-state index contributed by atoms with van der Waals surface area (Å²) in [4.78, 5) is 12.1. The highest BCUT2D eigenvalue weighted by Crippen LogP contribution is 2.24. The van der Waals surface area contributed by atoms with Crippen molar-refractivity contribution in [3.63, 3.8) is 0 Å². The fourth-order valence-electron chi connectivity index (χ4n) is 2.15. The molecule has 0 heterocycles. The van der Waals surface area contributed by atoms with Crippen molar-refractivity contribution in [2.45, 2.75) is 17.9 Å². The molecule has 2 rings (SSSR count). The summed E-state index contributed by atoms with van der Waals surface area (Å²) in [5.74, 6) is -0.297. The van der Waals surface area contributed by atoms with Crippen molar-refractivity contribution in [1.29, 1.82) is 0 Å². The number of carbonyl (C=O) groups excluding carboxylic acids is 1. The molecule has 1 unspecified atom stereocenters. The molecule has 0 aliphatic rings. The second kappa shape index (κ2) is 6.80. The summed E-state index contributed by atoms with van der Waals surface area (Å²) in [5, 5.41) is 7.97. The molecule has 0 aromatic heterocycles. The lowest BCUT2D eigenvalue weighted by Gasteiger charge is -2.15. The van der Waals surface area contributed by atoms with Crippen LogP contribution >= 0.6 is 0 Å². The number of hydrogen-bond donors (Lipinski definition) is 2. The van der Waals surface area contributed by atoms with Crippen LogP contribution in [0.3, 0.4) is 0 Å². The first-order valence-electron chi connectivity index (χ1n) is 6.89. The van der Waals surface area contributed by atoms with Gasteiger partial charge in [0.1, 0.15) is 10.6 Å². The molecule has 6 nitrogen and oxygen atoms in total. The van der Waals surface area contributed by atoms with E-state index in [1.165, 1.54) is 25.3 Å². The van der Waals surface area contributed by atoms with E-state index in [0.717, 1.165) is 5.56 Å². The van der Waals surface area contributed by atoms with Crippen LogP contribution in [-0.4, -0.2) is 21.4 Å². The van der Waals surface area contributed by atoms with Crippen LogP contribution in [0.4, 0.5) is 0 Å². The number of benzene rings is 2. The Kier molecular flexibility index (Phi) is 5.02. The zero-order chi connectivity index (χ0) is 17.0. The van der Waals surface area contributed by atoms with Crippen LogP contribution in [0.5, 0.6) is 5.75 Å². The van der Waals surface area contributed by atoms with Gasteiger partial charge in [-0.3, -0.25) is 4.79 Å². The quantitative estimate of drug-likeness (QED) is 0.871. The maximum Gasteiger partial charge on any atom is 0.251 e. The van der Waals surface area contributed by atoms with Crippen molar-refractivity contribution in [2.24, 2.45) is 5.14 Å². The highest BCUT2D eigenvalue weighted by Gasteiger charge is 2.19. The third kappa shape index (κ3) is 4.08. The average molecular weight is 334 g/mol. The minimum Gasteiger partial charge on any atom is -0.495 e. The first-order chi connectivity index (χ1) is 10.8. The Morgan fingerprint density at radius 2 is 1.83 bits per heavy atom. The summed E-state index contributed by atoms with van der Waals surface area (Å²) in [6, 6.07) is 13.3. The fraction of sp³-hybridized carbons (Fsp3) is 0.188. The van der Waals surface area contributed by atoms with Gasteiger partial charge < -0.3 is 10.1 Å². The molecule has 0 saturated carbocycles. The van der Waals surface area contributed by atoms with Crippen molar-refractivity contribution in [2.75, 3.05) is 7.11 Å². The Bertz CT molecular complexity index is 804. The van der Waals surface area contributed by atoms with Gasteiger partial charge in [-0.2, -0.15) is 0 Å². The van der Waals surface area contributed by atoms with E-state index in [1.54, 1.807) is 0 Å². The first-order valence-corrected chi connectivity index (χ1v) is 8.44. The van der Waals surface area contributed by atoms with Crippen LogP contribution in [0, 0.1) is 0 Å². The Morgan fingerprint density at radius 1 is 1.17 bits per heavy atom. The van der Waals surface area contributed by atoms with Gasteiger partial charge in [0.2, 0.25) is 10.0 Å². The Balaban J connectivity index is 2.26. The molecule has 1 amide bonds. The Morgan fingerprint density at radius 3 is 2.39 bits per heavy atom. The number of hydrogen-bond acceptors (Lipinski definition) is 4. The summed E-state index contributed by atoms with van der Waals surface area (Å²) in [6.45, 7) is 1.84. The number of nitrogens with one attached hydrogen (secondary N) is 1. The predicted molar refractivity (Wildman–Crippen MR) is 86.7 cm³/mol. The zero-order valence-electron chi connectivity index (χ0n) is 12.8. The average Bonchev–Trinajstić information content (AvgIpc) is 2.54. The highest BCUT2D eigenvalue weighted by atomic mass is 32.2. The lowest BCUT2D eigenvalue weighted by Crippen LogP contribution is -2.27. The highest BCUT2D eigenvalue weighted by molar-refractivity contribution is 7.89. The van der Waals surface area contributed by atoms with Crippen molar-refractivity contribution < 1.29 is 17.9 Å².